The fourth-order valence-corrected chi connectivity index (χ4v) is 3.34. The Labute approximate surface area is 166 Å². The normalized spacial score (nSPS) is 14.3. The number of fused-ring (bicyclic) bond motifs is 1. The first-order valence-corrected chi connectivity index (χ1v) is 9.28. The van der Waals surface area contributed by atoms with Crippen molar-refractivity contribution in [1.82, 2.24) is 4.90 Å². The molecule has 0 spiro atoms. The molecule has 4 rings (SSSR count). The Hall–Kier alpha value is -2.83. The van der Waals surface area contributed by atoms with Crippen LogP contribution >= 0.6 is 11.6 Å². The number of ether oxygens (including phenoxy) is 2. The van der Waals surface area contributed by atoms with E-state index in [0.29, 0.717) is 59.4 Å². The summed E-state index contributed by atoms with van der Waals surface area (Å²) in [5, 5.41) is 1.01. The standard InChI is InChI=1S/C21H18ClNO5/c1-13-19(14-2-4-15(22)5-3-14)20(24)17-7-6-16(12-18(17)27-13)28-21(25)23-8-10-26-11-9-23/h2-7,12H,8-11H2,1H3. The van der Waals surface area contributed by atoms with Gasteiger partial charge >= 0.3 is 6.09 Å². The van der Waals surface area contributed by atoms with E-state index in [9.17, 15) is 9.59 Å². The van der Waals surface area contributed by atoms with E-state index in [2.05, 4.69) is 0 Å². The molecule has 144 valence electrons. The summed E-state index contributed by atoms with van der Waals surface area (Å²) >= 11 is 5.94. The number of carbonyl (C=O) groups is 1. The second kappa shape index (κ2) is 7.66. The summed E-state index contributed by atoms with van der Waals surface area (Å²) in [7, 11) is 0. The maximum Gasteiger partial charge on any atom is 0.415 e. The SMILES string of the molecule is Cc1oc2cc(OC(=O)N3CCOCC3)ccc2c(=O)c1-c1ccc(Cl)cc1. The van der Waals surface area contributed by atoms with E-state index in [4.69, 9.17) is 25.5 Å². The Kier molecular flexibility index (Phi) is 5.07. The average molecular weight is 400 g/mol. The lowest BCUT2D eigenvalue weighted by Gasteiger charge is -2.25. The summed E-state index contributed by atoms with van der Waals surface area (Å²) in [6.07, 6.45) is -0.445. The summed E-state index contributed by atoms with van der Waals surface area (Å²) in [5.74, 6) is 0.808. The first-order valence-electron chi connectivity index (χ1n) is 8.91. The van der Waals surface area contributed by atoms with E-state index in [0.717, 1.165) is 5.56 Å². The Morgan fingerprint density at radius 1 is 1.11 bits per heavy atom. The van der Waals surface area contributed by atoms with Crippen LogP contribution in [-0.2, 0) is 4.74 Å². The molecule has 1 aliphatic rings. The predicted molar refractivity (Wildman–Crippen MR) is 106 cm³/mol. The molecule has 1 saturated heterocycles. The molecule has 2 aromatic carbocycles. The zero-order valence-corrected chi connectivity index (χ0v) is 16.0. The second-order valence-electron chi connectivity index (χ2n) is 6.49. The molecule has 0 atom stereocenters. The lowest BCUT2D eigenvalue weighted by Crippen LogP contribution is -2.42. The van der Waals surface area contributed by atoms with E-state index < -0.39 is 6.09 Å². The van der Waals surface area contributed by atoms with E-state index in [-0.39, 0.29) is 5.43 Å². The topological polar surface area (TPSA) is 69.0 Å². The van der Waals surface area contributed by atoms with Gasteiger partial charge in [-0.3, -0.25) is 4.79 Å². The number of rotatable bonds is 2. The Bertz CT molecular complexity index is 1080. The smallest absolute Gasteiger partial charge is 0.415 e. The van der Waals surface area contributed by atoms with Crippen LogP contribution in [0.3, 0.4) is 0 Å². The highest BCUT2D eigenvalue weighted by molar-refractivity contribution is 6.30. The largest absolute Gasteiger partial charge is 0.460 e. The van der Waals surface area contributed by atoms with E-state index in [1.807, 2.05) is 0 Å². The second-order valence-corrected chi connectivity index (χ2v) is 6.93. The van der Waals surface area contributed by atoms with Crippen molar-refractivity contribution < 1.29 is 18.7 Å². The molecule has 0 bridgehead atoms. The third-order valence-electron chi connectivity index (χ3n) is 4.65. The van der Waals surface area contributed by atoms with Gasteiger partial charge in [0.15, 0.2) is 0 Å². The van der Waals surface area contributed by atoms with Crippen LogP contribution in [0, 0.1) is 6.92 Å². The molecule has 1 fully saturated rings. The zero-order valence-electron chi connectivity index (χ0n) is 15.2. The summed E-state index contributed by atoms with van der Waals surface area (Å²) in [6.45, 7) is 3.70. The Balaban J connectivity index is 1.67. The van der Waals surface area contributed by atoms with Crippen LogP contribution in [-0.4, -0.2) is 37.3 Å². The first kappa shape index (κ1) is 18.5. The highest BCUT2D eigenvalue weighted by Gasteiger charge is 2.20. The van der Waals surface area contributed by atoms with Gasteiger partial charge in [0.1, 0.15) is 17.1 Å². The van der Waals surface area contributed by atoms with Gasteiger partial charge < -0.3 is 18.8 Å². The molecule has 3 aromatic rings. The molecular formula is C21H18ClNO5. The summed E-state index contributed by atoms with van der Waals surface area (Å²) in [5.41, 5.74) is 1.45. The van der Waals surface area contributed by atoms with Crippen molar-refractivity contribution in [2.24, 2.45) is 0 Å². The molecule has 0 aliphatic carbocycles. The molecule has 0 N–H and O–H groups in total. The molecular weight excluding hydrogens is 382 g/mol. The highest BCUT2D eigenvalue weighted by atomic mass is 35.5. The van der Waals surface area contributed by atoms with Crippen molar-refractivity contribution >= 4 is 28.7 Å². The van der Waals surface area contributed by atoms with Gasteiger partial charge in [-0.15, -0.1) is 0 Å². The number of amides is 1. The molecule has 1 aromatic heterocycles. The number of hydrogen-bond donors (Lipinski definition) is 0. The quantitative estimate of drug-likeness (QED) is 0.644. The van der Waals surface area contributed by atoms with Crippen molar-refractivity contribution in [2.75, 3.05) is 26.3 Å². The van der Waals surface area contributed by atoms with Crippen molar-refractivity contribution in [1.29, 1.82) is 0 Å². The van der Waals surface area contributed by atoms with Gasteiger partial charge in [0.25, 0.3) is 0 Å². The van der Waals surface area contributed by atoms with Gasteiger partial charge in [-0.2, -0.15) is 0 Å². The molecule has 1 aliphatic heterocycles. The van der Waals surface area contributed by atoms with Crippen LogP contribution in [0.2, 0.25) is 5.02 Å². The van der Waals surface area contributed by atoms with Gasteiger partial charge in [-0.1, -0.05) is 23.7 Å². The fraction of sp³-hybridized carbons (Fsp3) is 0.238. The van der Waals surface area contributed by atoms with Crippen molar-refractivity contribution in [2.45, 2.75) is 6.92 Å². The maximum absolute atomic E-state index is 13.0. The van der Waals surface area contributed by atoms with Crippen LogP contribution in [0.4, 0.5) is 4.79 Å². The van der Waals surface area contributed by atoms with Gasteiger partial charge in [-0.05, 0) is 36.8 Å². The summed E-state index contributed by atoms with van der Waals surface area (Å²) in [6, 6.07) is 11.8. The molecule has 0 unspecified atom stereocenters. The molecule has 0 saturated carbocycles. The minimum atomic E-state index is -0.445. The minimum absolute atomic E-state index is 0.146. The number of hydrogen-bond acceptors (Lipinski definition) is 5. The van der Waals surface area contributed by atoms with Crippen LogP contribution in [0.15, 0.2) is 51.7 Å². The first-order chi connectivity index (χ1) is 13.5. The third kappa shape index (κ3) is 3.61. The third-order valence-corrected chi connectivity index (χ3v) is 4.90. The molecule has 0 radical (unpaired) electrons. The summed E-state index contributed by atoms with van der Waals surface area (Å²) in [4.78, 5) is 26.8. The predicted octanol–water partition coefficient (Wildman–Crippen LogP) is 4.25. The van der Waals surface area contributed by atoms with Gasteiger partial charge in [0.2, 0.25) is 5.43 Å². The van der Waals surface area contributed by atoms with E-state index in [1.54, 1.807) is 54.3 Å². The van der Waals surface area contributed by atoms with E-state index in [1.165, 1.54) is 0 Å². The number of carbonyl (C=O) groups excluding carboxylic acids is 1. The molecule has 1 amide bonds. The molecule has 2 heterocycles. The van der Waals surface area contributed by atoms with Crippen molar-refractivity contribution in [3.63, 3.8) is 0 Å². The van der Waals surface area contributed by atoms with E-state index >= 15 is 0 Å². The van der Waals surface area contributed by atoms with Crippen LogP contribution in [0.1, 0.15) is 5.76 Å². The van der Waals surface area contributed by atoms with Crippen LogP contribution in [0.25, 0.3) is 22.1 Å². The Morgan fingerprint density at radius 3 is 2.54 bits per heavy atom. The number of benzene rings is 2. The molecule has 6 nitrogen and oxygen atoms in total. The fourth-order valence-electron chi connectivity index (χ4n) is 3.21. The molecule has 7 heteroatoms. The van der Waals surface area contributed by atoms with Crippen molar-refractivity contribution in [3.05, 3.63) is 63.5 Å². The monoisotopic (exact) mass is 399 g/mol. The number of aryl methyl sites for hydroxylation is 1. The van der Waals surface area contributed by atoms with Gasteiger partial charge in [0.05, 0.1) is 24.2 Å². The van der Waals surface area contributed by atoms with Crippen molar-refractivity contribution in [3.8, 4) is 16.9 Å². The van der Waals surface area contributed by atoms with Gasteiger partial charge in [-0.25, -0.2) is 4.79 Å². The summed E-state index contributed by atoms with van der Waals surface area (Å²) < 4.78 is 16.5. The number of nitrogens with zero attached hydrogens (tertiary/aromatic N) is 1. The lowest BCUT2D eigenvalue weighted by atomic mass is 10.0. The highest BCUT2D eigenvalue weighted by Crippen LogP contribution is 2.27. The maximum atomic E-state index is 13.0. The van der Waals surface area contributed by atoms with Crippen LogP contribution < -0.4 is 10.2 Å². The lowest BCUT2D eigenvalue weighted by molar-refractivity contribution is 0.0416. The number of morpholine rings is 1. The number of halogens is 1. The molecule has 28 heavy (non-hydrogen) atoms. The zero-order chi connectivity index (χ0) is 19.7. The minimum Gasteiger partial charge on any atom is -0.460 e. The van der Waals surface area contributed by atoms with Crippen LogP contribution in [0.5, 0.6) is 5.75 Å². The Morgan fingerprint density at radius 2 is 1.82 bits per heavy atom. The van der Waals surface area contributed by atoms with Gasteiger partial charge in [0, 0.05) is 24.2 Å². The average Bonchev–Trinajstić information content (AvgIpc) is 2.70.